The van der Waals surface area contributed by atoms with Crippen LogP contribution in [0.2, 0.25) is 0 Å². The molecule has 70 valence electrons. The van der Waals surface area contributed by atoms with E-state index >= 15 is 0 Å². The molecule has 0 saturated heterocycles. The van der Waals surface area contributed by atoms with Crippen LogP contribution in [0.5, 0.6) is 0 Å². The van der Waals surface area contributed by atoms with Crippen LogP contribution in [0.25, 0.3) is 0 Å². The molecule has 1 nitrogen and oxygen atoms in total. The molecule has 1 heteroatoms. The molecule has 0 unspecified atom stereocenters. The quantitative estimate of drug-likeness (QED) is 0.612. The average molecular weight is 175 g/mol. The number of hydrogen-bond acceptors (Lipinski definition) is 1. The average Bonchev–Trinajstić information content (AvgIpc) is 2.09. The summed E-state index contributed by atoms with van der Waals surface area (Å²) in [6.45, 7) is 6.48. The smallest absolute Gasteiger partial charge is 0.0445 e. The summed E-state index contributed by atoms with van der Waals surface area (Å²) in [5, 5.41) is 0. The molecule has 0 aromatic heterocycles. The maximum absolute atomic E-state index is 4.34. The number of hydrogen-bond donors (Lipinski definition) is 0. The van der Waals surface area contributed by atoms with E-state index in [4.69, 9.17) is 0 Å². The monoisotopic (exact) mass is 175 g/mol. The first-order valence-corrected chi connectivity index (χ1v) is 4.69. The molecule has 0 saturated carbocycles. The first kappa shape index (κ1) is 9.97. The second-order valence-corrected chi connectivity index (χ2v) is 3.58. The highest BCUT2D eigenvalue weighted by atomic mass is 14.7. The molecule has 1 aromatic carbocycles. The van der Waals surface area contributed by atoms with Crippen molar-refractivity contribution in [1.82, 2.24) is 0 Å². The highest BCUT2D eigenvalue weighted by Crippen LogP contribution is 2.13. The molecule has 1 rings (SSSR count). The fourth-order valence-corrected chi connectivity index (χ4v) is 1.55. The lowest BCUT2D eigenvalue weighted by Crippen LogP contribution is -2.10. The molecule has 0 aliphatic carbocycles. The maximum atomic E-state index is 4.34. The third-order valence-electron chi connectivity index (χ3n) is 2.21. The summed E-state index contributed by atoms with van der Waals surface area (Å²) in [4.78, 5) is 4.34. The minimum Gasteiger partial charge on any atom is -0.292 e. The van der Waals surface area contributed by atoms with Gasteiger partial charge in [0, 0.05) is 12.8 Å². The molecule has 13 heavy (non-hydrogen) atoms. The van der Waals surface area contributed by atoms with Gasteiger partial charge in [0.15, 0.2) is 0 Å². The molecule has 0 aliphatic heterocycles. The van der Waals surface area contributed by atoms with Crippen LogP contribution in [0.4, 0.5) is 0 Å². The Hall–Kier alpha value is -1.11. The zero-order valence-corrected chi connectivity index (χ0v) is 8.83. The van der Waals surface area contributed by atoms with Crippen molar-refractivity contribution < 1.29 is 0 Å². The van der Waals surface area contributed by atoms with E-state index in [1.54, 1.807) is 0 Å². The summed E-state index contributed by atoms with van der Waals surface area (Å²) in [7, 11) is 1.86. The number of aryl methyl sites for hydroxylation is 1. The van der Waals surface area contributed by atoms with Crippen LogP contribution >= 0.6 is 0 Å². The van der Waals surface area contributed by atoms with E-state index in [0.29, 0.717) is 5.92 Å². The van der Waals surface area contributed by atoms with Crippen molar-refractivity contribution >= 4 is 5.71 Å². The van der Waals surface area contributed by atoms with Gasteiger partial charge in [-0.3, -0.25) is 4.99 Å². The summed E-state index contributed by atoms with van der Waals surface area (Å²) in [5.74, 6) is 0.492. The van der Waals surface area contributed by atoms with E-state index in [1.807, 2.05) is 7.05 Å². The van der Waals surface area contributed by atoms with Gasteiger partial charge in [0.05, 0.1) is 0 Å². The first-order valence-electron chi connectivity index (χ1n) is 4.69. The maximum Gasteiger partial charge on any atom is 0.0445 e. The Morgan fingerprint density at radius 2 is 1.85 bits per heavy atom. The predicted octanol–water partition coefficient (Wildman–Crippen LogP) is 3.07. The molecular weight excluding hydrogens is 158 g/mol. The topological polar surface area (TPSA) is 12.4 Å². The van der Waals surface area contributed by atoms with Gasteiger partial charge < -0.3 is 0 Å². The Bertz CT molecular complexity index is 311. The lowest BCUT2D eigenvalue weighted by Gasteiger charge is -2.11. The van der Waals surface area contributed by atoms with Gasteiger partial charge in [-0.05, 0) is 24.0 Å². The van der Waals surface area contributed by atoms with Crippen LogP contribution < -0.4 is 0 Å². The van der Waals surface area contributed by atoms with Crippen LogP contribution in [0.15, 0.2) is 29.3 Å². The Kier molecular flexibility index (Phi) is 3.24. The molecule has 0 amide bonds. The van der Waals surface area contributed by atoms with E-state index in [9.17, 15) is 0 Å². The largest absolute Gasteiger partial charge is 0.292 e. The van der Waals surface area contributed by atoms with Crippen molar-refractivity contribution in [2.45, 2.75) is 20.8 Å². The Morgan fingerprint density at radius 3 is 2.31 bits per heavy atom. The molecule has 0 radical (unpaired) electrons. The van der Waals surface area contributed by atoms with Crippen LogP contribution in [0.3, 0.4) is 0 Å². The van der Waals surface area contributed by atoms with Gasteiger partial charge in [-0.25, -0.2) is 0 Å². The van der Waals surface area contributed by atoms with Crippen molar-refractivity contribution in [3.05, 3.63) is 35.4 Å². The van der Waals surface area contributed by atoms with Gasteiger partial charge in [-0.1, -0.05) is 38.1 Å². The van der Waals surface area contributed by atoms with Gasteiger partial charge in [0.1, 0.15) is 0 Å². The fourth-order valence-electron chi connectivity index (χ4n) is 1.55. The highest BCUT2D eigenvalue weighted by molar-refractivity contribution is 6.02. The van der Waals surface area contributed by atoms with E-state index in [0.717, 1.165) is 0 Å². The minimum atomic E-state index is 0.492. The third kappa shape index (κ3) is 2.18. The number of nitrogens with zero attached hydrogens (tertiary/aromatic N) is 1. The van der Waals surface area contributed by atoms with E-state index in [-0.39, 0.29) is 0 Å². The van der Waals surface area contributed by atoms with E-state index in [2.05, 4.69) is 50.0 Å². The summed E-state index contributed by atoms with van der Waals surface area (Å²) >= 11 is 0. The van der Waals surface area contributed by atoms with Gasteiger partial charge >= 0.3 is 0 Å². The van der Waals surface area contributed by atoms with E-state index < -0.39 is 0 Å². The lowest BCUT2D eigenvalue weighted by molar-refractivity contribution is 0.880. The number of rotatable bonds is 2. The fraction of sp³-hybridized carbons (Fsp3) is 0.417. The first-order chi connectivity index (χ1) is 6.16. The Morgan fingerprint density at radius 1 is 1.23 bits per heavy atom. The van der Waals surface area contributed by atoms with Crippen molar-refractivity contribution in [3.63, 3.8) is 0 Å². The van der Waals surface area contributed by atoms with Gasteiger partial charge in [0.2, 0.25) is 0 Å². The number of benzene rings is 1. The van der Waals surface area contributed by atoms with Crippen LogP contribution in [-0.4, -0.2) is 12.8 Å². The van der Waals surface area contributed by atoms with Crippen molar-refractivity contribution in [1.29, 1.82) is 0 Å². The Balaban J connectivity index is 3.13. The summed E-state index contributed by atoms with van der Waals surface area (Å²) < 4.78 is 0. The molecule has 0 N–H and O–H groups in total. The van der Waals surface area contributed by atoms with Crippen molar-refractivity contribution in [3.8, 4) is 0 Å². The second kappa shape index (κ2) is 4.22. The standard InChI is InChI=1S/C12H17N/c1-9(2)12(13-4)11-8-6-5-7-10(11)3/h5-9H,1-4H3/b13-12-. The van der Waals surface area contributed by atoms with Crippen LogP contribution in [0.1, 0.15) is 25.0 Å². The van der Waals surface area contributed by atoms with Gasteiger partial charge in [-0.2, -0.15) is 0 Å². The molecule has 1 aromatic rings. The predicted molar refractivity (Wildman–Crippen MR) is 58.5 cm³/mol. The third-order valence-corrected chi connectivity index (χ3v) is 2.21. The normalized spacial score (nSPS) is 12.2. The summed E-state index contributed by atoms with van der Waals surface area (Å²) in [5.41, 5.74) is 3.77. The number of aliphatic imine (C=N–C) groups is 1. The van der Waals surface area contributed by atoms with Gasteiger partial charge in [-0.15, -0.1) is 0 Å². The molecule has 0 aliphatic rings. The zero-order valence-electron chi connectivity index (χ0n) is 8.83. The van der Waals surface area contributed by atoms with Crippen molar-refractivity contribution in [2.75, 3.05) is 7.05 Å². The van der Waals surface area contributed by atoms with Crippen LogP contribution in [-0.2, 0) is 0 Å². The molecule has 0 heterocycles. The minimum absolute atomic E-state index is 0.492. The van der Waals surface area contributed by atoms with E-state index in [1.165, 1.54) is 16.8 Å². The lowest BCUT2D eigenvalue weighted by atomic mass is 9.96. The highest BCUT2D eigenvalue weighted by Gasteiger charge is 2.08. The molecule has 0 spiro atoms. The van der Waals surface area contributed by atoms with Crippen LogP contribution in [0, 0.1) is 12.8 Å². The zero-order chi connectivity index (χ0) is 9.84. The molecule has 0 atom stereocenters. The Labute approximate surface area is 80.5 Å². The second-order valence-electron chi connectivity index (χ2n) is 3.58. The molecule has 0 fully saturated rings. The van der Waals surface area contributed by atoms with Crippen molar-refractivity contribution in [2.24, 2.45) is 10.9 Å². The molecule has 0 bridgehead atoms. The SMILES string of the molecule is C/N=C(\c1ccccc1C)C(C)C. The summed E-state index contributed by atoms with van der Waals surface area (Å²) in [6, 6.07) is 8.39. The van der Waals surface area contributed by atoms with Gasteiger partial charge in [0.25, 0.3) is 0 Å². The summed E-state index contributed by atoms with van der Waals surface area (Å²) in [6.07, 6.45) is 0. The molecular formula is C12H17N.